The first kappa shape index (κ1) is 19.6. The molecular weight excluding hydrogens is 444 g/mol. The number of carbonyl (C=O) groups excluding carboxylic acids is 1. The van der Waals surface area contributed by atoms with E-state index in [1.807, 2.05) is 18.4 Å². The number of aromatic nitrogens is 2. The van der Waals surface area contributed by atoms with E-state index in [0.717, 1.165) is 9.99 Å². The number of imidazole rings is 1. The Bertz CT molecular complexity index is 985. The van der Waals surface area contributed by atoms with E-state index in [4.69, 9.17) is 11.6 Å². The zero-order chi connectivity index (χ0) is 19.8. The molecule has 2 aromatic carbocycles. The van der Waals surface area contributed by atoms with Crippen LogP contribution in [-0.2, 0) is 0 Å². The van der Waals surface area contributed by atoms with Gasteiger partial charge in [0.25, 0.3) is 5.91 Å². The summed E-state index contributed by atoms with van der Waals surface area (Å²) in [7, 11) is 0. The summed E-state index contributed by atoms with van der Waals surface area (Å²) in [5.74, 6) is -0.468. The number of hydrogen-bond donors (Lipinski definition) is 1. The number of alkyl halides is 3. The monoisotopic (exact) mass is 457 g/mol. The van der Waals surface area contributed by atoms with Gasteiger partial charge in [0.2, 0.25) is 0 Å². The molecule has 0 atom stereocenters. The third-order valence-electron chi connectivity index (χ3n) is 3.79. The van der Waals surface area contributed by atoms with Gasteiger partial charge in [-0.05, 0) is 66.2 Å². The Morgan fingerprint density at radius 2 is 1.96 bits per heavy atom. The maximum Gasteiger partial charge on any atom is 0.487 e. The van der Waals surface area contributed by atoms with Crippen LogP contribution in [0.25, 0.3) is 11.0 Å². The number of fused-ring (bicyclic) bond motifs is 1. The van der Waals surface area contributed by atoms with Gasteiger partial charge in [0.15, 0.2) is 0 Å². The summed E-state index contributed by atoms with van der Waals surface area (Å²) in [4.78, 5) is 16.9. The van der Waals surface area contributed by atoms with Gasteiger partial charge >= 0.3 is 5.57 Å². The number of halogens is 4. The molecule has 0 aliphatic rings. The Kier molecular flexibility index (Phi) is 5.39. The van der Waals surface area contributed by atoms with Crippen LogP contribution in [0.15, 0.2) is 47.2 Å². The molecule has 142 valence electrons. The molecule has 9 heteroatoms. The van der Waals surface area contributed by atoms with Crippen LogP contribution in [0.3, 0.4) is 0 Å². The minimum atomic E-state index is -3.79. The van der Waals surface area contributed by atoms with Crippen molar-refractivity contribution < 1.29 is 18.3 Å². The van der Waals surface area contributed by atoms with Crippen molar-refractivity contribution in [3.05, 3.63) is 52.8 Å². The highest BCUT2D eigenvalue weighted by Crippen LogP contribution is 2.29. The van der Waals surface area contributed by atoms with Crippen LogP contribution in [0.4, 0.5) is 14.5 Å². The molecule has 0 radical (unpaired) electrons. The fourth-order valence-corrected chi connectivity index (χ4v) is 3.33. The molecule has 0 unspecified atom stereocenters. The third-order valence-corrected chi connectivity index (χ3v) is 4.47. The third kappa shape index (κ3) is 4.56. The van der Waals surface area contributed by atoms with Crippen LogP contribution >= 0.6 is 27.5 Å². The Balaban J connectivity index is 1.80. The summed E-state index contributed by atoms with van der Waals surface area (Å²) in [5, 5.41) is 2.70. The second-order valence-electron chi connectivity index (χ2n) is 6.10. The number of hydrogen-bond acceptors (Lipinski definition) is 3. The van der Waals surface area contributed by atoms with Crippen molar-refractivity contribution in [2.24, 2.45) is 0 Å². The van der Waals surface area contributed by atoms with E-state index in [1.54, 1.807) is 18.5 Å². The highest BCUT2D eigenvalue weighted by atomic mass is 79.9. The lowest BCUT2D eigenvalue weighted by molar-refractivity contribution is -0.0964. The number of ether oxygens (including phenoxy) is 1. The van der Waals surface area contributed by atoms with Crippen LogP contribution in [0.1, 0.15) is 30.2 Å². The maximum atomic E-state index is 12.6. The molecule has 0 spiro atoms. The largest absolute Gasteiger partial charge is 0.487 e. The molecular formula is C18H15BrClF2N3O2. The standard InChI is InChI=1S/C18H15BrClF2N3O2/c1-10(2)25-9-23-15-8-11(7-14(19)16(15)25)17(26)24-12-3-5-13(6-4-12)27-18(20,21)22/h3-10H,1-2H3,(H,24,26). The molecule has 3 aromatic rings. The Hall–Kier alpha value is -2.19. The average molecular weight is 459 g/mol. The quantitative estimate of drug-likeness (QED) is 0.492. The van der Waals surface area contributed by atoms with Gasteiger partial charge in [-0.2, -0.15) is 0 Å². The summed E-state index contributed by atoms with van der Waals surface area (Å²) >= 11 is 8.21. The molecule has 1 heterocycles. The lowest BCUT2D eigenvalue weighted by atomic mass is 10.1. The van der Waals surface area contributed by atoms with E-state index in [-0.39, 0.29) is 17.7 Å². The lowest BCUT2D eigenvalue weighted by Gasteiger charge is -2.12. The molecule has 0 aliphatic carbocycles. The van der Waals surface area contributed by atoms with Gasteiger partial charge in [-0.15, -0.1) is 8.78 Å². The van der Waals surface area contributed by atoms with Gasteiger partial charge in [0.1, 0.15) is 5.75 Å². The van der Waals surface area contributed by atoms with Crippen molar-refractivity contribution in [2.75, 3.05) is 5.32 Å². The molecule has 1 amide bonds. The van der Waals surface area contributed by atoms with Crippen LogP contribution < -0.4 is 10.1 Å². The normalized spacial score (nSPS) is 11.8. The molecule has 0 aliphatic heterocycles. The van der Waals surface area contributed by atoms with Crippen molar-refractivity contribution in [1.29, 1.82) is 0 Å². The first-order valence-electron chi connectivity index (χ1n) is 7.97. The van der Waals surface area contributed by atoms with Gasteiger partial charge < -0.3 is 14.6 Å². The molecule has 0 bridgehead atoms. The van der Waals surface area contributed by atoms with Crippen molar-refractivity contribution in [3.8, 4) is 5.75 Å². The Labute approximate surface area is 167 Å². The van der Waals surface area contributed by atoms with Crippen LogP contribution in [0, 0.1) is 0 Å². The van der Waals surface area contributed by atoms with E-state index in [0.29, 0.717) is 16.8 Å². The molecule has 1 N–H and O–H groups in total. The average Bonchev–Trinajstić information content (AvgIpc) is 3.00. The molecule has 0 fully saturated rings. The van der Waals surface area contributed by atoms with Crippen LogP contribution in [0.2, 0.25) is 0 Å². The van der Waals surface area contributed by atoms with E-state index in [2.05, 4.69) is 31.0 Å². The smallest absolute Gasteiger partial charge is 0.420 e. The van der Waals surface area contributed by atoms with E-state index in [9.17, 15) is 13.6 Å². The lowest BCUT2D eigenvalue weighted by Crippen LogP contribution is -2.15. The second-order valence-corrected chi connectivity index (χ2v) is 7.39. The topological polar surface area (TPSA) is 56.2 Å². The molecule has 3 rings (SSSR count). The maximum absolute atomic E-state index is 12.6. The zero-order valence-electron chi connectivity index (χ0n) is 14.3. The number of nitrogens with zero attached hydrogens (tertiary/aromatic N) is 2. The summed E-state index contributed by atoms with van der Waals surface area (Å²) in [6.45, 7) is 4.09. The van der Waals surface area contributed by atoms with Gasteiger partial charge in [-0.3, -0.25) is 4.79 Å². The predicted molar refractivity (Wildman–Crippen MR) is 104 cm³/mol. The Morgan fingerprint density at radius 3 is 2.56 bits per heavy atom. The minimum Gasteiger partial charge on any atom is -0.420 e. The molecule has 0 saturated heterocycles. The summed E-state index contributed by atoms with van der Waals surface area (Å²) in [6.07, 6.45) is 1.73. The van der Waals surface area contributed by atoms with Crippen molar-refractivity contribution >= 4 is 50.2 Å². The number of benzene rings is 2. The van der Waals surface area contributed by atoms with E-state index < -0.39 is 5.57 Å². The van der Waals surface area contributed by atoms with Crippen molar-refractivity contribution in [2.45, 2.75) is 25.5 Å². The predicted octanol–water partition coefficient (Wildman–Crippen LogP) is 5.80. The summed E-state index contributed by atoms with van der Waals surface area (Å²) in [6, 6.07) is 9.09. The van der Waals surface area contributed by atoms with Gasteiger partial charge in [0, 0.05) is 33.4 Å². The van der Waals surface area contributed by atoms with Crippen LogP contribution in [0.5, 0.6) is 5.75 Å². The van der Waals surface area contributed by atoms with Gasteiger partial charge in [-0.1, -0.05) is 0 Å². The molecule has 1 aromatic heterocycles. The van der Waals surface area contributed by atoms with E-state index in [1.165, 1.54) is 24.3 Å². The second kappa shape index (κ2) is 7.44. The Morgan fingerprint density at radius 1 is 1.30 bits per heavy atom. The first-order valence-corrected chi connectivity index (χ1v) is 9.14. The summed E-state index contributed by atoms with van der Waals surface area (Å²) in [5.41, 5.74) is -1.35. The highest BCUT2D eigenvalue weighted by molar-refractivity contribution is 9.10. The van der Waals surface area contributed by atoms with Crippen molar-refractivity contribution in [3.63, 3.8) is 0 Å². The number of carbonyl (C=O) groups is 1. The summed E-state index contributed by atoms with van der Waals surface area (Å²) < 4.78 is 32.2. The minimum absolute atomic E-state index is 0.114. The van der Waals surface area contributed by atoms with Crippen LogP contribution in [-0.4, -0.2) is 21.0 Å². The fourth-order valence-electron chi connectivity index (χ4n) is 2.59. The number of anilines is 1. The van der Waals surface area contributed by atoms with Gasteiger partial charge in [0.05, 0.1) is 17.4 Å². The molecule has 5 nitrogen and oxygen atoms in total. The highest BCUT2D eigenvalue weighted by Gasteiger charge is 2.27. The molecule has 27 heavy (non-hydrogen) atoms. The van der Waals surface area contributed by atoms with Gasteiger partial charge in [-0.25, -0.2) is 4.98 Å². The van der Waals surface area contributed by atoms with Crippen molar-refractivity contribution in [1.82, 2.24) is 9.55 Å². The number of rotatable bonds is 5. The fraction of sp³-hybridized carbons (Fsp3) is 0.222. The SMILES string of the molecule is CC(C)n1cnc2cc(C(=O)Nc3ccc(OC(F)(F)Cl)cc3)cc(Br)c21. The number of nitrogens with one attached hydrogen (secondary N) is 1. The first-order chi connectivity index (χ1) is 12.6. The zero-order valence-corrected chi connectivity index (χ0v) is 16.7. The van der Waals surface area contributed by atoms with E-state index >= 15 is 0 Å². The molecule has 0 saturated carbocycles. The number of amides is 1.